The molecule has 272 valence electrons. The Kier molecular flexibility index (Phi) is 9.10. The maximum Gasteiger partial charge on any atom is 0.310 e. The van der Waals surface area contributed by atoms with Crippen LogP contribution >= 0.6 is 0 Å². The average Bonchev–Trinajstić information content (AvgIpc) is 3.23. The van der Waals surface area contributed by atoms with Crippen molar-refractivity contribution in [1.29, 1.82) is 0 Å². The first-order chi connectivity index (χ1) is 22.9. The third-order valence-electron chi connectivity index (χ3n) is 16.5. The summed E-state index contributed by atoms with van der Waals surface area (Å²) in [5.41, 5.74) is -0.292. The maximum atomic E-state index is 12.0. The molecule has 4 saturated heterocycles. The molecular formula is C40H65O8+. The molecule has 8 unspecified atom stereocenters. The van der Waals surface area contributed by atoms with E-state index in [2.05, 4.69) is 32.6 Å². The van der Waals surface area contributed by atoms with E-state index in [-0.39, 0.29) is 36.3 Å². The summed E-state index contributed by atoms with van der Waals surface area (Å²) >= 11 is 0. The lowest BCUT2D eigenvalue weighted by Crippen LogP contribution is -2.71. The molecule has 0 amide bonds. The van der Waals surface area contributed by atoms with Gasteiger partial charge < -0.3 is 19.7 Å². The van der Waals surface area contributed by atoms with Gasteiger partial charge in [-0.05, 0) is 130 Å². The van der Waals surface area contributed by atoms with Crippen molar-refractivity contribution in [2.24, 2.45) is 70.5 Å². The molecule has 8 nitrogen and oxygen atoms in total. The summed E-state index contributed by atoms with van der Waals surface area (Å²) in [7, 11) is 0. The number of hydrogen-bond donors (Lipinski definition) is 2. The average molecular weight is 674 g/mol. The molecular weight excluding hydrogens is 608 g/mol. The second-order valence-electron chi connectivity index (χ2n) is 18.8. The Labute approximate surface area is 288 Å². The van der Waals surface area contributed by atoms with Crippen LogP contribution in [0.3, 0.4) is 0 Å². The lowest BCUT2D eigenvalue weighted by atomic mass is 9.49. The van der Waals surface area contributed by atoms with Crippen molar-refractivity contribution in [1.82, 2.24) is 0 Å². The molecule has 0 aromatic rings. The molecule has 3 N–H and O–H groups in total. The highest BCUT2D eigenvalue weighted by atomic mass is 17.3. The predicted octanol–water partition coefficient (Wildman–Crippen LogP) is 7.61. The van der Waals surface area contributed by atoms with E-state index < -0.39 is 23.6 Å². The first kappa shape index (κ1) is 34.3. The Morgan fingerprint density at radius 3 is 2.54 bits per heavy atom. The number of rotatable bonds is 6. The zero-order chi connectivity index (χ0) is 33.6. The molecule has 8 heteroatoms. The van der Waals surface area contributed by atoms with Crippen LogP contribution in [-0.2, 0) is 23.9 Å². The van der Waals surface area contributed by atoms with E-state index in [4.69, 9.17) is 19.1 Å². The lowest BCUT2D eigenvalue weighted by Gasteiger charge is -2.58. The van der Waals surface area contributed by atoms with Gasteiger partial charge in [0.2, 0.25) is 11.9 Å². The third-order valence-corrected chi connectivity index (χ3v) is 16.5. The molecule has 9 fully saturated rings. The van der Waals surface area contributed by atoms with Crippen LogP contribution in [0.15, 0.2) is 0 Å². The Balaban J connectivity index is 0.969. The number of carboxylic acid groups (broad SMARTS) is 1. The Hall–Kier alpha value is -0.770. The first-order valence-electron chi connectivity index (χ1n) is 20.2. The second kappa shape index (κ2) is 12.7. The quantitative estimate of drug-likeness (QED) is 0.221. The van der Waals surface area contributed by atoms with E-state index in [1.807, 2.05) is 6.92 Å². The number of carboxylic acids is 1. The maximum absolute atomic E-state index is 12.0. The summed E-state index contributed by atoms with van der Waals surface area (Å²) in [6.07, 6.45) is 15.9. The number of fused-ring (bicyclic) bond motifs is 7. The van der Waals surface area contributed by atoms with Gasteiger partial charge in [-0.3, -0.25) is 9.53 Å². The highest BCUT2D eigenvalue weighted by molar-refractivity contribution is 5.66. The molecule has 5 aliphatic carbocycles. The van der Waals surface area contributed by atoms with Crippen LogP contribution in [-0.4, -0.2) is 57.2 Å². The predicted molar refractivity (Wildman–Crippen MR) is 180 cm³/mol. The van der Waals surface area contributed by atoms with Crippen molar-refractivity contribution in [2.75, 3.05) is 0 Å². The summed E-state index contributed by atoms with van der Waals surface area (Å²) in [5.74, 6) is 3.76. The number of aliphatic hydroxyl groups is 2. The summed E-state index contributed by atoms with van der Waals surface area (Å²) in [6, 6.07) is 0. The van der Waals surface area contributed by atoms with Crippen LogP contribution in [0.1, 0.15) is 137 Å². The minimum absolute atomic E-state index is 0.130. The normalized spacial score (nSPS) is 55.2. The summed E-state index contributed by atoms with van der Waals surface area (Å²) in [6.45, 7) is 11.5. The van der Waals surface area contributed by atoms with E-state index in [1.165, 1.54) is 51.4 Å². The molecule has 18 atom stereocenters. The number of hydrogen-bond acceptors (Lipinski definition) is 6. The van der Waals surface area contributed by atoms with Crippen molar-refractivity contribution in [3.05, 3.63) is 0 Å². The largest absolute Gasteiger partial charge is 0.481 e. The molecule has 4 aliphatic heterocycles. The van der Waals surface area contributed by atoms with Gasteiger partial charge >= 0.3 is 11.8 Å². The van der Waals surface area contributed by atoms with E-state index in [1.54, 1.807) is 0 Å². The van der Waals surface area contributed by atoms with Gasteiger partial charge in [-0.25, -0.2) is 4.89 Å². The fraction of sp³-hybridized carbons (Fsp3) is 0.975. The molecule has 2 bridgehead atoms. The second-order valence-corrected chi connectivity index (χ2v) is 18.8. The molecule has 0 radical (unpaired) electrons. The fourth-order valence-corrected chi connectivity index (χ4v) is 14.1. The Morgan fingerprint density at radius 1 is 0.938 bits per heavy atom. The summed E-state index contributed by atoms with van der Waals surface area (Å²) in [5, 5.41) is 21.3. The van der Waals surface area contributed by atoms with E-state index in [0.717, 1.165) is 44.9 Å². The van der Waals surface area contributed by atoms with Gasteiger partial charge in [0.05, 0.1) is 18.6 Å². The number of aliphatic hydroxyl groups excluding tert-OH is 1. The third kappa shape index (κ3) is 5.47. The monoisotopic (exact) mass is 673 g/mol. The van der Waals surface area contributed by atoms with E-state index >= 15 is 0 Å². The molecule has 9 rings (SSSR count). The van der Waals surface area contributed by atoms with Crippen LogP contribution < -0.4 is 0 Å². The van der Waals surface area contributed by atoms with Gasteiger partial charge in [-0.1, -0.05) is 45.4 Å². The van der Waals surface area contributed by atoms with Crippen molar-refractivity contribution in [3.63, 3.8) is 0 Å². The van der Waals surface area contributed by atoms with Crippen molar-refractivity contribution >= 4 is 5.97 Å². The smallest absolute Gasteiger partial charge is 0.310 e. The molecule has 5 saturated carbocycles. The number of ether oxygens (including phenoxy) is 3. The van der Waals surface area contributed by atoms with E-state index in [9.17, 15) is 15.0 Å². The van der Waals surface area contributed by atoms with Gasteiger partial charge in [-0.2, -0.15) is 0 Å². The minimum atomic E-state index is -0.680. The highest BCUT2D eigenvalue weighted by Crippen LogP contribution is 2.66. The topological polar surface area (TPSA) is 107 Å². The SMILES string of the molecule is C[C@H]1C(O[C@@H]2CCCC[C@@H]3C(C2)C[C@@H](O)C2C3CC[C@@]3(C)C2CC[C@@H]3[C@H](C)CCC(=O)O)OC2O[C@]3(C)CCC4[C@H](C)CCC1[C@@]24O[OH+]3. The van der Waals surface area contributed by atoms with Gasteiger partial charge in [0.25, 0.3) is 0 Å². The summed E-state index contributed by atoms with van der Waals surface area (Å²) < 4.78 is 20.7. The lowest BCUT2D eigenvalue weighted by molar-refractivity contribution is -0.643. The van der Waals surface area contributed by atoms with Crippen LogP contribution in [0, 0.1) is 70.5 Å². The molecule has 9 aliphatic rings. The Morgan fingerprint density at radius 2 is 1.73 bits per heavy atom. The van der Waals surface area contributed by atoms with Gasteiger partial charge in [0, 0.05) is 31.1 Å². The summed E-state index contributed by atoms with van der Waals surface area (Å²) in [4.78, 5) is 22.6. The van der Waals surface area contributed by atoms with Crippen LogP contribution in [0.5, 0.6) is 0 Å². The van der Waals surface area contributed by atoms with Gasteiger partial charge in [0.1, 0.15) is 0 Å². The molecule has 0 aromatic heterocycles. The molecule has 0 aromatic carbocycles. The van der Waals surface area contributed by atoms with Crippen LogP contribution in [0.25, 0.3) is 0 Å². The van der Waals surface area contributed by atoms with Crippen molar-refractivity contribution in [2.45, 2.75) is 174 Å². The molecule has 4 heterocycles. The van der Waals surface area contributed by atoms with Gasteiger partial charge in [-0.15, -0.1) is 0 Å². The minimum Gasteiger partial charge on any atom is -0.481 e. The van der Waals surface area contributed by atoms with Crippen LogP contribution in [0.4, 0.5) is 0 Å². The van der Waals surface area contributed by atoms with Crippen molar-refractivity contribution in [3.8, 4) is 0 Å². The fourth-order valence-electron chi connectivity index (χ4n) is 14.1. The number of carbonyl (C=O) groups is 1. The van der Waals surface area contributed by atoms with Crippen molar-refractivity contribution < 1.29 is 39.0 Å². The van der Waals surface area contributed by atoms with Gasteiger partial charge in [0.15, 0.2) is 6.29 Å². The first-order valence-corrected chi connectivity index (χ1v) is 20.2. The van der Waals surface area contributed by atoms with E-state index in [0.29, 0.717) is 59.2 Å². The molecule has 48 heavy (non-hydrogen) atoms. The molecule has 1 spiro atoms. The highest BCUT2D eigenvalue weighted by Gasteiger charge is 2.72. The van der Waals surface area contributed by atoms with Crippen LogP contribution in [0.2, 0.25) is 0 Å². The zero-order valence-corrected chi connectivity index (χ0v) is 30.4. The number of aliphatic carboxylic acids is 1. The standard InChI is InChI=1S/C40H64O8/c1-22(11-15-34(42)43)29-13-14-32-35-28(16-18-38(29,32)4)27-9-7-6-8-26(20-25(27)21-33(35)41)44-36-24(3)31-12-10-23(2)30-17-19-39(5)46-37(45-36)40(30,31)48-47-39/h22-33,35-37,41H,6-21H2,1-5H3,(H,42,43)/p+1/t22-,23-,24-,25?,26-,27-,28?,29-,30?,31?,32?,33-,35?,36?,37?,38-,39+,40-/m1/s1. The zero-order valence-electron chi connectivity index (χ0n) is 30.4. The Bertz CT molecular complexity index is 1200.